The normalized spacial score (nSPS) is 13.0. The van der Waals surface area contributed by atoms with Crippen LogP contribution in [0.4, 0.5) is 0 Å². The van der Waals surface area contributed by atoms with Gasteiger partial charge in [-0.1, -0.05) is 289 Å². The number of esters is 3. The summed E-state index contributed by atoms with van der Waals surface area (Å²) in [6.45, 7) is 6.38. The lowest BCUT2D eigenvalue weighted by atomic mass is 10.0. The summed E-state index contributed by atoms with van der Waals surface area (Å²) in [5.41, 5.74) is 0. The molecule has 81 heavy (non-hydrogen) atoms. The monoisotopic (exact) mass is 1120 g/mol. The van der Waals surface area contributed by atoms with Crippen LogP contribution in [0, 0.1) is 0 Å². The van der Waals surface area contributed by atoms with Gasteiger partial charge >= 0.3 is 17.9 Å². The highest BCUT2D eigenvalue weighted by atomic mass is 16.6. The molecular formula is C75H124O6. The van der Waals surface area contributed by atoms with Crippen molar-refractivity contribution >= 4 is 17.9 Å². The molecule has 0 bridgehead atoms. The third kappa shape index (κ3) is 66.2. The van der Waals surface area contributed by atoms with Gasteiger partial charge in [0.05, 0.1) is 0 Å². The first-order chi connectivity index (χ1) is 40.0. The molecule has 0 aliphatic heterocycles. The van der Waals surface area contributed by atoms with Crippen LogP contribution in [0.25, 0.3) is 0 Å². The van der Waals surface area contributed by atoms with Gasteiger partial charge in [0.2, 0.25) is 0 Å². The molecule has 6 heteroatoms. The number of hydrogen-bond acceptors (Lipinski definition) is 6. The summed E-state index contributed by atoms with van der Waals surface area (Å²) in [7, 11) is 0. The maximum absolute atomic E-state index is 12.9. The van der Waals surface area contributed by atoms with Gasteiger partial charge in [0.1, 0.15) is 13.2 Å². The van der Waals surface area contributed by atoms with Crippen molar-refractivity contribution in [2.24, 2.45) is 0 Å². The van der Waals surface area contributed by atoms with Crippen molar-refractivity contribution in [1.29, 1.82) is 0 Å². The molecule has 0 heterocycles. The highest BCUT2D eigenvalue weighted by Gasteiger charge is 2.19. The van der Waals surface area contributed by atoms with Crippen LogP contribution in [0.5, 0.6) is 0 Å². The third-order valence-corrected chi connectivity index (χ3v) is 14.1. The van der Waals surface area contributed by atoms with Gasteiger partial charge in [0.15, 0.2) is 6.10 Å². The second-order valence-corrected chi connectivity index (χ2v) is 22.0. The first-order valence-corrected chi connectivity index (χ1v) is 33.7. The summed E-state index contributed by atoms with van der Waals surface area (Å²) < 4.78 is 16.9. The van der Waals surface area contributed by atoms with E-state index in [-0.39, 0.29) is 37.5 Å². The minimum absolute atomic E-state index is 0.100. The summed E-state index contributed by atoms with van der Waals surface area (Å²) in [5, 5.41) is 0. The Labute approximate surface area is 500 Å². The zero-order valence-corrected chi connectivity index (χ0v) is 52.8. The Balaban J connectivity index is 4.41. The molecule has 0 radical (unpaired) electrons. The number of ether oxygens (including phenoxy) is 3. The van der Waals surface area contributed by atoms with Crippen molar-refractivity contribution in [2.45, 2.75) is 309 Å². The molecule has 460 valence electrons. The number of rotatable bonds is 60. The highest BCUT2D eigenvalue weighted by Crippen LogP contribution is 2.16. The van der Waals surface area contributed by atoms with E-state index in [4.69, 9.17) is 14.2 Å². The molecule has 0 aliphatic rings. The van der Waals surface area contributed by atoms with E-state index in [1.54, 1.807) is 0 Å². The van der Waals surface area contributed by atoms with E-state index in [0.717, 1.165) is 109 Å². The van der Waals surface area contributed by atoms with Crippen molar-refractivity contribution in [2.75, 3.05) is 13.2 Å². The Morgan fingerprint density at radius 1 is 0.259 bits per heavy atom. The lowest BCUT2D eigenvalue weighted by Gasteiger charge is -2.18. The number of carbonyl (C=O) groups excluding carboxylic acids is 3. The van der Waals surface area contributed by atoms with Gasteiger partial charge in [0, 0.05) is 19.3 Å². The summed E-state index contributed by atoms with van der Waals surface area (Å²) in [6.07, 6.45) is 96.1. The quantitative estimate of drug-likeness (QED) is 0.0261. The van der Waals surface area contributed by atoms with Crippen molar-refractivity contribution in [3.8, 4) is 0 Å². The fraction of sp³-hybridized carbons (Fsp3) is 0.667. The van der Waals surface area contributed by atoms with Crippen LogP contribution in [0.2, 0.25) is 0 Å². The molecule has 0 aromatic heterocycles. The maximum atomic E-state index is 12.9. The molecule has 0 spiro atoms. The molecule has 0 aromatic rings. The average molecular weight is 1120 g/mol. The Hall–Kier alpha value is -4.45. The second kappa shape index (κ2) is 68.1. The molecule has 0 N–H and O–H groups in total. The predicted octanol–water partition coefficient (Wildman–Crippen LogP) is 23.3. The van der Waals surface area contributed by atoms with Crippen LogP contribution in [0.15, 0.2) is 134 Å². The molecule has 6 nitrogen and oxygen atoms in total. The number of carbonyl (C=O) groups is 3. The lowest BCUT2D eigenvalue weighted by Crippen LogP contribution is -2.30. The minimum Gasteiger partial charge on any atom is -0.462 e. The first kappa shape index (κ1) is 76.5. The molecule has 0 rings (SSSR count). The SMILES string of the molecule is CC/C=C\C/C=C\C/C=C\C/C=C\C/C=C\CCCCCCCCCCCCCC(=O)OCC(COC(=O)CCC/C=C\C/C=C\C/C=C\C/C=C\C/C=C\CC)OC(=O)CCCCCCCCCCC/C=C\CCCCCCCC. The zero-order valence-electron chi connectivity index (χ0n) is 52.8. The van der Waals surface area contributed by atoms with Gasteiger partial charge < -0.3 is 14.2 Å². The maximum Gasteiger partial charge on any atom is 0.306 e. The van der Waals surface area contributed by atoms with Gasteiger partial charge in [-0.05, 0) is 128 Å². The van der Waals surface area contributed by atoms with Crippen LogP contribution < -0.4 is 0 Å². The summed E-state index contributed by atoms with van der Waals surface area (Å²) >= 11 is 0. The largest absolute Gasteiger partial charge is 0.462 e. The van der Waals surface area contributed by atoms with E-state index < -0.39 is 6.10 Å². The Bertz CT molecular complexity index is 1720. The molecule has 0 aromatic carbocycles. The highest BCUT2D eigenvalue weighted by molar-refractivity contribution is 5.71. The van der Waals surface area contributed by atoms with Gasteiger partial charge in [0.25, 0.3) is 0 Å². The van der Waals surface area contributed by atoms with Crippen LogP contribution in [-0.4, -0.2) is 37.2 Å². The summed E-state index contributed by atoms with van der Waals surface area (Å²) in [4.78, 5) is 38.4. The first-order valence-electron chi connectivity index (χ1n) is 33.7. The average Bonchev–Trinajstić information content (AvgIpc) is 3.47. The fourth-order valence-electron chi connectivity index (χ4n) is 9.15. The van der Waals surface area contributed by atoms with E-state index in [1.165, 1.54) is 148 Å². The topological polar surface area (TPSA) is 78.9 Å². The smallest absolute Gasteiger partial charge is 0.306 e. The van der Waals surface area contributed by atoms with E-state index in [2.05, 4.69) is 154 Å². The minimum atomic E-state index is -0.809. The van der Waals surface area contributed by atoms with Crippen LogP contribution in [-0.2, 0) is 28.6 Å². The second-order valence-electron chi connectivity index (χ2n) is 22.0. The van der Waals surface area contributed by atoms with Crippen molar-refractivity contribution in [3.63, 3.8) is 0 Å². The molecule has 0 fully saturated rings. The molecule has 1 atom stereocenters. The Morgan fingerprint density at radius 3 is 0.815 bits per heavy atom. The van der Waals surface area contributed by atoms with Crippen molar-refractivity contribution in [3.05, 3.63) is 134 Å². The van der Waals surface area contributed by atoms with E-state index in [0.29, 0.717) is 19.3 Å². The molecule has 0 amide bonds. The van der Waals surface area contributed by atoms with Crippen LogP contribution >= 0.6 is 0 Å². The van der Waals surface area contributed by atoms with E-state index >= 15 is 0 Å². The predicted molar refractivity (Wildman–Crippen MR) is 353 cm³/mol. The van der Waals surface area contributed by atoms with Gasteiger partial charge in [-0.3, -0.25) is 14.4 Å². The molecule has 0 saturated heterocycles. The lowest BCUT2D eigenvalue weighted by molar-refractivity contribution is -0.167. The van der Waals surface area contributed by atoms with Crippen molar-refractivity contribution < 1.29 is 28.6 Å². The summed E-state index contributed by atoms with van der Waals surface area (Å²) in [5.74, 6) is -0.960. The van der Waals surface area contributed by atoms with Gasteiger partial charge in [-0.2, -0.15) is 0 Å². The Morgan fingerprint density at radius 2 is 0.494 bits per heavy atom. The summed E-state index contributed by atoms with van der Waals surface area (Å²) in [6, 6.07) is 0. The fourth-order valence-corrected chi connectivity index (χ4v) is 9.15. The van der Waals surface area contributed by atoms with Crippen molar-refractivity contribution in [1.82, 2.24) is 0 Å². The molecule has 0 aliphatic carbocycles. The van der Waals surface area contributed by atoms with Gasteiger partial charge in [-0.25, -0.2) is 0 Å². The number of unbranched alkanes of at least 4 members (excludes halogenated alkanes) is 27. The number of hydrogen-bond donors (Lipinski definition) is 0. The standard InChI is InChI=1S/C75H124O6/c1-4-7-10-13-16-19-22-25-28-31-33-34-35-36-37-38-39-40-42-44-47-50-53-56-59-62-65-68-74(77)80-71-72(70-79-73(76)67-64-61-58-55-52-49-46-43-30-27-24-21-18-15-12-9-6-3)81-75(78)69-66-63-60-57-54-51-48-45-41-32-29-26-23-20-17-14-11-8-5-2/h7,9-10,12,16,18-19,21,25-30,33-34,36-37,46,49,55,58,72H,4-6,8,11,13-15,17,20,22-24,31-32,35,38-45,47-48,50-54,56-57,59-71H2,1-3H3/b10-7-,12-9-,19-16-,21-18-,28-25-,29-26-,30-27-,34-33-,37-36-,49-46-,58-55-. The third-order valence-electron chi connectivity index (χ3n) is 14.1. The van der Waals surface area contributed by atoms with Crippen LogP contribution in [0.3, 0.4) is 0 Å². The van der Waals surface area contributed by atoms with Crippen LogP contribution in [0.1, 0.15) is 303 Å². The number of allylic oxidation sites excluding steroid dienone is 22. The molecular weight excluding hydrogens is 997 g/mol. The van der Waals surface area contributed by atoms with Gasteiger partial charge in [-0.15, -0.1) is 0 Å². The van der Waals surface area contributed by atoms with E-state index in [9.17, 15) is 14.4 Å². The van der Waals surface area contributed by atoms with E-state index in [1.807, 2.05) is 0 Å². The Kier molecular flexibility index (Phi) is 64.3. The molecule has 1 unspecified atom stereocenters. The zero-order chi connectivity index (χ0) is 58.5. The molecule has 0 saturated carbocycles.